The molecular formula is C13H22O12. The molecule has 146 valence electrons. The predicted octanol–water partition coefficient (Wildman–Crippen LogP) is -5.22. The zero-order valence-electron chi connectivity index (χ0n) is 12.9. The molecule has 2 aliphatic rings. The number of hydrogen-bond donors (Lipinski definition) is 7. The fourth-order valence-electron chi connectivity index (χ4n) is 2.70. The summed E-state index contributed by atoms with van der Waals surface area (Å²) in [5.41, 5.74) is 0. The first-order chi connectivity index (χ1) is 11.8. The molecule has 0 bridgehead atoms. The smallest absolute Gasteiger partial charge is 0.295 e. The van der Waals surface area contributed by atoms with E-state index in [0.717, 1.165) is 0 Å². The lowest BCUT2D eigenvalue weighted by Gasteiger charge is -2.45. The maximum absolute atomic E-state index is 10.6. The molecule has 25 heavy (non-hydrogen) atoms. The minimum absolute atomic E-state index is 0.00678. The molecule has 0 aromatic rings. The third kappa shape index (κ3) is 4.09. The Morgan fingerprint density at radius 3 is 1.80 bits per heavy atom. The maximum Gasteiger partial charge on any atom is 0.295 e. The van der Waals surface area contributed by atoms with Crippen molar-refractivity contribution in [1.29, 1.82) is 0 Å². The molecule has 0 saturated carbocycles. The molecule has 7 N–H and O–H groups in total. The SMILES string of the molecule is O=COC1OC(CO)[C@H](O)C(O)C1OC1OC(CO)C(O)C(O)C1O. The highest BCUT2D eigenvalue weighted by Gasteiger charge is 2.51. The lowest BCUT2D eigenvalue weighted by atomic mass is 9.97. The molecular weight excluding hydrogens is 348 g/mol. The summed E-state index contributed by atoms with van der Waals surface area (Å²) in [7, 11) is 0. The van der Waals surface area contributed by atoms with Crippen molar-refractivity contribution in [1.82, 2.24) is 0 Å². The summed E-state index contributed by atoms with van der Waals surface area (Å²) in [4.78, 5) is 10.6. The third-order valence-corrected chi connectivity index (χ3v) is 4.15. The zero-order chi connectivity index (χ0) is 18.7. The topological polar surface area (TPSA) is 196 Å². The largest absolute Gasteiger partial charge is 0.435 e. The average Bonchev–Trinajstić information content (AvgIpc) is 2.61. The second kappa shape index (κ2) is 8.64. The molecule has 10 atom stereocenters. The molecule has 2 saturated heterocycles. The number of hydrogen-bond acceptors (Lipinski definition) is 12. The highest BCUT2D eigenvalue weighted by atomic mass is 16.8. The fourth-order valence-corrected chi connectivity index (χ4v) is 2.70. The Hall–Kier alpha value is -0.930. The van der Waals surface area contributed by atoms with E-state index in [1.807, 2.05) is 0 Å². The van der Waals surface area contributed by atoms with Gasteiger partial charge in [-0.25, -0.2) is 0 Å². The van der Waals surface area contributed by atoms with Gasteiger partial charge in [0.15, 0.2) is 12.4 Å². The Morgan fingerprint density at radius 2 is 1.28 bits per heavy atom. The van der Waals surface area contributed by atoms with E-state index in [1.165, 1.54) is 0 Å². The summed E-state index contributed by atoms with van der Waals surface area (Å²) >= 11 is 0. The Kier molecular flexibility index (Phi) is 7.04. The van der Waals surface area contributed by atoms with E-state index in [9.17, 15) is 30.3 Å². The molecule has 0 aliphatic carbocycles. The zero-order valence-corrected chi connectivity index (χ0v) is 12.9. The molecule has 2 heterocycles. The lowest BCUT2D eigenvalue weighted by molar-refractivity contribution is -0.361. The van der Waals surface area contributed by atoms with Crippen molar-refractivity contribution in [2.75, 3.05) is 13.2 Å². The molecule has 0 aromatic heterocycles. The van der Waals surface area contributed by atoms with Gasteiger partial charge in [0, 0.05) is 0 Å². The second-order valence-corrected chi connectivity index (χ2v) is 5.74. The Labute approximate surface area is 141 Å². The highest BCUT2D eigenvalue weighted by molar-refractivity contribution is 5.37. The Balaban J connectivity index is 2.15. The van der Waals surface area contributed by atoms with Crippen molar-refractivity contribution in [3.8, 4) is 0 Å². The summed E-state index contributed by atoms with van der Waals surface area (Å²) < 4.78 is 20.1. The van der Waals surface area contributed by atoms with Gasteiger partial charge in [-0.05, 0) is 0 Å². The van der Waals surface area contributed by atoms with Crippen LogP contribution in [0.1, 0.15) is 0 Å². The number of carbonyl (C=O) groups is 1. The second-order valence-electron chi connectivity index (χ2n) is 5.74. The monoisotopic (exact) mass is 370 g/mol. The van der Waals surface area contributed by atoms with Gasteiger partial charge in [0.05, 0.1) is 13.2 Å². The van der Waals surface area contributed by atoms with Crippen LogP contribution in [-0.4, -0.2) is 117 Å². The number of carbonyl (C=O) groups excluding carboxylic acids is 1. The average molecular weight is 370 g/mol. The quantitative estimate of drug-likeness (QED) is 0.220. The van der Waals surface area contributed by atoms with Crippen molar-refractivity contribution in [3.05, 3.63) is 0 Å². The van der Waals surface area contributed by atoms with E-state index in [1.54, 1.807) is 0 Å². The van der Waals surface area contributed by atoms with Gasteiger partial charge in [0.1, 0.15) is 42.7 Å². The van der Waals surface area contributed by atoms with Crippen molar-refractivity contribution in [2.24, 2.45) is 0 Å². The molecule has 0 amide bonds. The molecule has 2 aliphatic heterocycles. The maximum atomic E-state index is 10.6. The van der Waals surface area contributed by atoms with Crippen LogP contribution in [0.25, 0.3) is 0 Å². The molecule has 12 heteroatoms. The van der Waals surface area contributed by atoms with Crippen LogP contribution in [0, 0.1) is 0 Å². The number of rotatable bonds is 6. The van der Waals surface area contributed by atoms with Crippen LogP contribution in [0.3, 0.4) is 0 Å². The van der Waals surface area contributed by atoms with E-state index in [-0.39, 0.29) is 6.47 Å². The molecule has 2 rings (SSSR count). The first-order valence-electron chi connectivity index (χ1n) is 7.53. The van der Waals surface area contributed by atoms with Crippen LogP contribution in [-0.2, 0) is 23.7 Å². The van der Waals surface area contributed by atoms with Crippen LogP contribution in [0.2, 0.25) is 0 Å². The van der Waals surface area contributed by atoms with Crippen molar-refractivity contribution in [2.45, 2.75) is 61.4 Å². The van der Waals surface area contributed by atoms with Crippen LogP contribution < -0.4 is 0 Å². The van der Waals surface area contributed by atoms with Gasteiger partial charge >= 0.3 is 0 Å². The van der Waals surface area contributed by atoms with Gasteiger partial charge < -0.3 is 54.7 Å². The summed E-state index contributed by atoms with van der Waals surface area (Å²) in [6.07, 6.45) is -15.7. The van der Waals surface area contributed by atoms with Gasteiger partial charge in [-0.2, -0.15) is 0 Å². The fraction of sp³-hybridized carbons (Fsp3) is 0.923. The Morgan fingerprint density at radius 1 is 0.760 bits per heavy atom. The first kappa shape index (κ1) is 20.4. The first-order valence-corrected chi connectivity index (χ1v) is 7.53. The van der Waals surface area contributed by atoms with E-state index in [2.05, 4.69) is 4.74 Å². The summed E-state index contributed by atoms with van der Waals surface area (Å²) in [5, 5.41) is 67.7. The normalized spacial score (nSPS) is 48.1. The van der Waals surface area contributed by atoms with Crippen LogP contribution in [0.15, 0.2) is 0 Å². The van der Waals surface area contributed by atoms with Crippen molar-refractivity contribution < 1.29 is 59.5 Å². The Bertz CT molecular complexity index is 433. The minimum Gasteiger partial charge on any atom is -0.435 e. The van der Waals surface area contributed by atoms with Gasteiger partial charge in [-0.1, -0.05) is 0 Å². The molecule has 0 aromatic carbocycles. The van der Waals surface area contributed by atoms with Crippen LogP contribution in [0.4, 0.5) is 0 Å². The van der Waals surface area contributed by atoms with Gasteiger partial charge in [0.25, 0.3) is 6.47 Å². The van der Waals surface area contributed by atoms with Crippen LogP contribution in [0.5, 0.6) is 0 Å². The highest BCUT2D eigenvalue weighted by Crippen LogP contribution is 2.29. The van der Waals surface area contributed by atoms with E-state index in [0.29, 0.717) is 0 Å². The predicted molar refractivity (Wildman–Crippen MR) is 73.5 cm³/mol. The summed E-state index contributed by atoms with van der Waals surface area (Å²) in [6, 6.07) is 0. The van der Waals surface area contributed by atoms with Crippen molar-refractivity contribution in [3.63, 3.8) is 0 Å². The van der Waals surface area contributed by atoms with E-state index >= 15 is 0 Å². The number of aliphatic hydroxyl groups is 7. The van der Waals surface area contributed by atoms with Crippen molar-refractivity contribution >= 4 is 6.47 Å². The number of ether oxygens (including phenoxy) is 4. The van der Waals surface area contributed by atoms with E-state index < -0.39 is 74.6 Å². The van der Waals surface area contributed by atoms with Gasteiger partial charge in [0.2, 0.25) is 6.29 Å². The lowest BCUT2D eigenvalue weighted by Crippen LogP contribution is -2.64. The molecule has 2 fully saturated rings. The van der Waals surface area contributed by atoms with E-state index in [4.69, 9.17) is 24.4 Å². The molecule has 12 nitrogen and oxygen atoms in total. The summed E-state index contributed by atoms with van der Waals surface area (Å²) in [5.74, 6) is 0. The van der Waals surface area contributed by atoms with Crippen LogP contribution >= 0.6 is 0 Å². The molecule has 0 radical (unpaired) electrons. The minimum atomic E-state index is -1.77. The standard InChI is InChI=1S/C13H22O12/c14-1-4-6(17)8(19)10(21)12(23-4)25-11-9(20)7(18)5(2-15)24-13(11)22-3-16/h3-15,17-21H,1-2H2/t4?,5?,6?,7-,8?,9?,10?,11?,12?,13?/m0/s1. The third-order valence-electron chi connectivity index (χ3n) is 4.15. The van der Waals surface area contributed by atoms with Gasteiger partial charge in [-0.15, -0.1) is 0 Å². The molecule has 0 spiro atoms. The summed E-state index contributed by atoms with van der Waals surface area (Å²) in [6.45, 7) is -1.38. The number of aliphatic hydroxyl groups excluding tert-OH is 7. The molecule has 9 unspecified atom stereocenters. The van der Waals surface area contributed by atoms with Gasteiger partial charge in [-0.3, -0.25) is 4.79 Å².